The highest BCUT2D eigenvalue weighted by Gasteiger charge is 2.36. The van der Waals surface area contributed by atoms with Crippen molar-refractivity contribution < 1.29 is 22.4 Å². The van der Waals surface area contributed by atoms with Crippen molar-refractivity contribution in [2.45, 2.75) is 11.8 Å². The average Bonchev–Trinajstić information content (AvgIpc) is 2.09. The van der Waals surface area contributed by atoms with Crippen molar-refractivity contribution in [2.75, 3.05) is 0 Å². The molecule has 0 radical (unpaired) electrons. The molecule has 0 unspecified atom stereocenters. The normalized spacial score (nSPS) is 11.5. The zero-order valence-corrected chi connectivity index (χ0v) is 7.99. The number of alkyl halides is 3. The van der Waals surface area contributed by atoms with E-state index in [1.54, 1.807) is 0 Å². The standard InChI is InChI=1S/C9H5ClF4O/c10-9(13,14)8(15)4-5-6(11)2-1-3-7(5)12/h1-3H,4H2. The lowest BCUT2D eigenvalue weighted by Crippen LogP contribution is -2.24. The van der Waals surface area contributed by atoms with Crippen LogP contribution in [0.5, 0.6) is 0 Å². The quantitative estimate of drug-likeness (QED) is 0.586. The molecule has 0 aliphatic heterocycles. The molecule has 6 heteroatoms. The molecular formula is C9H5ClF4O. The molecule has 0 bridgehead atoms. The van der Waals surface area contributed by atoms with Gasteiger partial charge in [-0.25, -0.2) is 8.78 Å². The number of ketones is 1. The Kier molecular flexibility index (Phi) is 3.34. The smallest absolute Gasteiger partial charge is 0.291 e. The molecule has 0 spiro atoms. The summed E-state index contributed by atoms with van der Waals surface area (Å²) in [5.41, 5.74) is -0.706. The molecule has 1 aromatic carbocycles. The lowest BCUT2D eigenvalue weighted by atomic mass is 10.1. The molecule has 0 saturated carbocycles. The summed E-state index contributed by atoms with van der Waals surface area (Å²) >= 11 is 4.41. The maximum atomic E-state index is 12.9. The van der Waals surface area contributed by atoms with E-state index in [1.165, 1.54) is 0 Å². The number of carbonyl (C=O) groups is 1. The van der Waals surface area contributed by atoms with Crippen LogP contribution in [0.25, 0.3) is 0 Å². The van der Waals surface area contributed by atoms with Crippen LogP contribution >= 0.6 is 11.6 Å². The lowest BCUT2D eigenvalue weighted by molar-refractivity contribution is -0.132. The molecule has 82 valence electrons. The molecule has 0 aliphatic carbocycles. The first-order chi connectivity index (χ1) is 6.82. The van der Waals surface area contributed by atoms with Gasteiger partial charge in [-0.1, -0.05) is 6.07 Å². The molecule has 0 aliphatic rings. The molecule has 0 N–H and O–H groups in total. The molecule has 15 heavy (non-hydrogen) atoms. The van der Waals surface area contributed by atoms with Gasteiger partial charge >= 0.3 is 5.38 Å². The molecule has 0 aromatic heterocycles. The van der Waals surface area contributed by atoms with Crippen LogP contribution in [0.3, 0.4) is 0 Å². The van der Waals surface area contributed by atoms with E-state index in [9.17, 15) is 22.4 Å². The Morgan fingerprint density at radius 1 is 1.27 bits per heavy atom. The second kappa shape index (κ2) is 4.18. The number of hydrogen-bond acceptors (Lipinski definition) is 1. The van der Waals surface area contributed by atoms with Gasteiger partial charge in [-0.2, -0.15) is 8.78 Å². The maximum absolute atomic E-state index is 12.9. The van der Waals surface area contributed by atoms with E-state index in [4.69, 9.17) is 0 Å². The van der Waals surface area contributed by atoms with Crippen molar-refractivity contribution in [1.29, 1.82) is 0 Å². The summed E-state index contributed by atoms with van der Waals surface area (Å²) in [6.07, 6.45) is -1.07. The minimum absolute atomic E-state index is 0.706. The van der Waals surface area contributed by atoms with E-state index in [-0.39, 0.29) is 0 Å². The number of benzene rings is 1. The van der Waals surface area contributed by atoms with Gasteiger partial charge in [0.1, 0.15) is 11.6 Å². The van der Waals surface area contributed by atoms with Gasteiger partial charge in [0.15, 0.2) is 0 Å². The summed E-state index contributed by atoms with van der Waals surface area (Å²) in [6.45, 7) is 0. The van der Waals surface area contributed by atoms with Gasteiger partial charge < -0.3 is 0 Å². The highest BCUT2D eigenvalue weighted by atomic mass is 35.5. The summed E-state index contributed by atoms with van der Waals surface area (Å²) in [5, 5.41) is -4.10. The zero-order chi connectivity index (χ0) is 11.6. The van der Waals surface area contributed by atoms with Crippen molar-refractivity contribution in [3.05, 3.63) is 35.4 Å². The lowest BCUT2D eigenvalue weighted by Gasteiger charge is -2.07. The fraction of sp³-hybridized carbons (Fsp3) is 0.222. The first-order valence-corrected chi connectivity index (χ1v) is 4.23. The molecule has 0 saturated heterocycles. The predicted octanol–water partition coefficient (Wildman–Crippen LogP) is 2.91. The number of hydrogen-bond donors (Lipinski definition) is 0. The van der Waals surface area contributed by atoms with Gasteiger partial charge in [-0.05, 0) is 23.7 Å². The second-order valence-corrected chi connectivity index (χ2v) is 3.27. The first kappa shape index (κ1) is 12.0. The van der Waals surface area contributed by atoms with Gasteiger partial charge in [0.2, 0.25) is 5.78 Å². The van der Waals surface area contributed by atoms with Crippen LogP contribution in [-0.2, 0) is 11.2 Å². The van der Waals surface area contributed by atoms with Crippen molar-refractivity contribution in [3.63, 3.8) is 0 Å². The fourth-order valence-corrected chi connectivity index (χ4v) is 1.03. The number of rotatable bonds is 3. The summed E-state index contributed by atoms with van der Waals surface area (Å²) in [6, 6.07) is 2.81. The van der Waals surface area contributed by atoms with Crippen LogP contribution in [0.4, 0.5) is 17.6 Å². The number of halogens is 5. The van der Waals surface area contributed by atoms with Gasteiger partial charge in [-0.3, -0.25) is 4.79 Å². The van der Waals surface area contributed by atoms with Gasteiger partial charge in [0.25, 0.3) is 0 Å². The Bertz CT molecular complexity index is 366. The molecule has 0 amide bonds. The van der Waals surface area contributed by atoms with Crippen molar-refractivity contribution in [3.8, 4) is 0 Å². The molecule has 0 atom stereocenters. The van der Waals surface area contributed by atoms with Crippen LogP contribution in [0.1, 0.15) is 5.56 Å². The fourth-order valence-electron chi connectivity index (χ4n) is 0.962. The Hall–Kier alpha value is -1.10. The largest absolute Gasteiger partial charge is 0.380 e. The minimum Gasteiger partial charge on any atom is -0.291 e. The zero-order valence-electron chi connectivity index (χ0n) is 7.24. The summed E-state index contributed by atoms with van der Waals surface area (Å²) in [5.74, 6) is -3.85. The van der Waals surface area contributed by atoms with Gasteiger partial charge in [-0.15, -0.1) is 0 Å². The van der Waals surface area contributed by atoms with E-state index in [2.05, 4.69) is 11.6 Å². The van der Waals surface area contributed by atoms with Crippen molar-refractivity contribution >= 4 is 17.4 Å². The van der Waals surface area contributed by atoms with Crippen molar-refractivity contribution in [2.24, 2.45) is 0 Å². The third-order valence-electron chi connectivity index (χ3n) is 1.72. The van der Waals surface area contributed by atoms with E-state index < -0.39 is 34.8 Å². The molecule has 0 fully saturated rings. The monoisotopic (exact) mass is 240 g/mol. The Morgan fingerprint density at radius 2 is 1.73 bits per heavy atom. The number of Topliss-reactive ketones (excluding diaryl/α,β-unsaturated/α-hetero) is 1. The molecular weight excluding hydrogens is 236 g/mol. The highest BCUT2D eigenvalue weighted by Crippen LogP contribution is 2.23. The Labute approximate surface area is 87.7 Å². The first-order valence-electron chi connectivity index (χ1n) is 3.85. The number of carbonyl (C=O) groups excluding carboxylic acids is 1. The second-order valence-electron chi connectivity index (χ2n) is 2.80. The summed E-state index contributed by atoms with van der Waals surface area (Å²) < 4.78 is 50.3. The van der Waals surface area contributed by atoms with Crippen LogP contribution in [0.2, 0.25) is 0 Å². The highest BCUT2D eigenvalue weighted by molar-refractivity contribution is 6.32. The van der Waals surface area contributed by atoms with E-state index in [1.807, 2.05) is 0 Å². The summed E-state index contributed by atoms with van der Waals surface area (Å²) in [7, 11) is 0. The topological polar surface area (TPSA) is 17.1 Å². The van der Waals surface area contributed by atoms with E-state index in [0.717, 1.165) is 18.2 Å². The Balaban J connectivity index is 2.95. The summed E-state index contributed by atoms with van der Waals surface area (Å²) in [4.78, 5) is 10.7. The van der Waals surface area contributed by atoms with E-state index in [0.29, 0.717) is 0 Å². The van der Waals surface area contributed by atoms with Crippen LogP contribution in [0.15, 0.2) is 18.2 Å². The van der Waals surface area contributed by atoms with Gasteiger partial charge in [0, 0.05) is 12.0 Å². The third-order valence-corrected chi connectivity index (χ3v) is 1.93. The molecule has 1 aromatic rings. The molecule has 1 rings (SSSR count). The van der Waals surface area contributed by atoms with Crippen molar-refractivity contribution in [1.82, 2.24) is 0 Å². The van der Waals surface area contributed by atoms with Crippen LogP contribution < -0.4 is 0 Å². The Morgan fingerprint density at radius 3 is 2.13 bits per heavy atom. The molecule has 1 nitrogen and oxygen atoms in total. The third kappa shape index (κ3) is 2.92. The molecule has 0 heterocycles. The maximum Gasteiger partial charge on any atom is 0.380 e. The minimum atomic E-state index is -4.10. The van der Waals surface area contributed by atoms with Gasteiger partial charge in [0.05, 0.1) is 0 Å². The predicted molar refractivity (Wildman–Crippen MR) is 45.9 cm³/mol. The SMILES string of the molecule is O=C(Cc1c(F)cccc1F)C(F)(F)Cl. The van der Waals surface area contributed by atoms with Crippen LogP contribution in [0, 0.1) is 11.6 Å². The van der Waals surface area contributed by atoms with E-state index >= 15 is 0 Å². The van der Waals surface area contributed by atoms with Crippen LogP contribution in [-0.4, -0.2) is 11.2 Å². The average molecular weight is 241 g/mol.